The van der Waals surface area contributed by atoms with Gasteiger partial charge in [-0.3, -0.25) is 19.5 Å². The molecule has 1 aromatic heterocycles. The summed E-state index contributed by atoms with van der Waals surface area (Å²) in [5.41, 5.74) is 1.56. The third-order valence-corrected chi connectivity index (χ3v) is 4.47. The van der Waals surface area contributed by atoms with E-state index in [-0.39, 0.29) is 17.7 Å². The van der Waals surface area contributed by atoms with Crippen molar-refractivity contribution >= 4 is 44.9 Å². The summed E-state index contributed by atoms with van der Waals surface area (Å²) in [5.74, 6) is -0.277. The second-order valence-electron chi connectivity index (χ2n) is 4.65. The van der Waals surface area contributed by atoms with Crippen LogP contribution in [-0.2, 0) is 11.3 Å². The molecule has 110 valence electrons. The third kappa shape index (κ3) is 3.28. The monoisotopic (exact) mass is 374 g/mol. The van der Waals surface area contributed by atoms with Gasteiger partial charge in [0, 0.05) is 10.7 Å². The maximum absolute atomic E-state index is 12.4. The van der Waals surface area contributed by atoms with Gasteiger partial charge in [-0.25, -0.2) is 0 Å². The zero-order chi connectivity index (χ0) is 15.5. The molecule has 0 aliphatic carbocycles. The molecule has 2 aromatic rings. The molecule has 22 heavy (non-hydrogen) atoms. The van der Waals surface area contributed by atoms with Crippen molar-refractivity contribution in [1.82, 2.24) is 9.88 Å². The van der Waals surface area contributed by atoms with Crippen LogP contribution < -0.4 is 0 Å². The lowest BCUT2D eigenvalue weighted by Gasteiger charge is -2.12. The van der Waals surface area contributed by atoms with Crippen molar-refractivity contribution in [3.8, 4) is 0 Å². The van der Waals surface area contributed by atoms with Crippen molar-refractivity contribution in [2.75, 3.05) is 0 Å². The quantitative estimate of drug-likeness (QED) is 0.759. The smallest absolute Gasteiger partial charge is 0.268 e. The number of hydrogen-bond donors (Lipinski definition) is 0. The lowest BCUT2D eigenvalue weighted by molar-refractivity contribution is -0.123. The van der Waals surface area contributed by atoms with Crippen molar-refractivity contribution in [2.45, 2.75) is 6.54 Å². The molecule has 0 spiro atoms. The fourth-order valence-corrected chi connectivity index (χ4v) is 3.32. The van der Waals surface area contributed by atoms with Crippen molar-refractivity contribution in [1.29, 1.82) is 0 Å². The van der Waals surface area contributed by atoms with Gasteiger partial charge in [0.15, 0.2) is 0 Å². The number of benzene rings is 1. The average Bonchev–Trinajstić information content (AvgIpc) is 2.76. The first-order valence-electron chi connectivity index (χ1n) is 6.54. The number of rotatable bonds is 3. The lowest BCUT2D eigenvalue weighted by atomic mass is 10.2. The molecule has 2 amide bonds. The van der Waals surface area contributed by atoms with E-state index < -0.39 is 0 Å². The molecule has 1 saturated heterocycles. The summed E-state index contributed by atoms with van der Waals surface area (Å²) in [4.78, 5) is 30.3. The fourth-order valence-electron chi connectivity index (χ4n) is 2.05. The zero-order valence-corrected chi connectivity index (χ0v) is 13.8. The van der Waals surface area contributed by atoms with Crippen molar-refractivity contribution in [2.24, 2.45) is 0 Å². The summed E-state index contributed by atoms with van der Waals surface area (Å²) in [6.45, 7) is 0.268. The van der Waals surface area contributed by atoms with E-state index in [1.165, 1.54) is 4.90 Å². The summed E-state index contributed by atoms with van der Waals surface area (Å²) >= 11 is 4.33. The summed E-state index contributed by atoms with van der Waals surface area (Å²) < 4.78 is 0.918. The van der Waals surface area contributed by atoms with Gasteiger partial charge < -0.3 is 0 Å². The summed E-state index contributed by atoms with van der Waals surface area (Å²) in [6, 6.07) is 13.0. The maximum atomic E-state index is 12.4. The number of carbonyl (C=O) groups excluding carboxylic acids is 2. The molecule has 6 heteroatoms. The molecule has 2 heterocycles. The number of aromatic nitrogens is 1. The average molecular weight is 375 g/mol. The second kappa shape index (κ2) is 6.46. The van der Waals surface area contributed by atoms with Crippen LogP contribution in [0.15, 0.2) is 58.0 Å². The first-order valence-corrected chi connectivity index (χ1v) is 8.15. The van der Waals surface area contributed by atoms with Crippen LogP contribution in [0.5, 0.6) is 0 Å². The van der Waals surface area contributed by atoms with Crippen LogP contribution in [0.2, 0.25) is 0 Å². The highest BCUT2D eigenvalue weighted by Crippen LogP contribution is 2.33. The van der Waals surface area contributed by atoms with Crippen LogP contribution in [0.25, 0.3) is 6.08 Å². The molecule has 0 atom stereocenters. The minimum absolute atomic E-state index is 0.257. The standard InChI is InChI=1S/C16H11BrN2O2S/c17-12-5-3-4-11(8-12)10-19-15(20)14(22-16(19)21)9-13-6-1-2-7-18-13/h1-9H,10H2/b14-9+. The van der Waals surface area contributed by atoms with E-state index in [2.05, 4.69) is 20.9 Å². The van der Waals surface area contributed by atoms with Gasteiger partial charge in [-0.2, -0.15) is 0 Å². The van der Waals surface area contributed by atoms with E-state index in [0.29, 0.717) is 10.6 Å². The Morgan fingerprint density at radius 2 is 2.05 bits per heavy atom. The third-order valence-electron chi connectivity index (χ3n) is 3.07. The molecular weight excluding hydrogens is 364 g/mol. The number of pyridine rings is 1. The number of thioether (sulfide) groups is 1. The Morgan fingerprint density at radius 3 is 2.77 bits per heavy atom. The van der Waals surface area contributed by atoms with Gasteiger partial charge in [0.1, 0.15) is 0 Å². The van der Waals surface area contributed by atoms with Crippen molar-refractivity contribution in [3.05, 3.63) is 69.3 Å². The van der Waals surface area contributed by atoms with E-state index in [1.807, 2.05) is 30.3 Å². The summed E-state index contributed by atoms with van der Waals surface area (Å²) in [7, 11) is 0. The molecule has 1 aromatic carbocycles. The second-order valence-corrected chi connectivity index (χ2v) is 6.56. The van der Waals surface area contributed by atoms with E-state index in [1.54, 1.807) is 24.4 Å². The number of amides is 2. The molecule has 1 aliphatic heterocycles. The minimum Gasteiger partial charge on any atom is -0.268 e. The highest BCUT2D eigenvalue weighted by molar-refractivity contribution is 9.10. The van der Waals surface area contributed by atoms with Gasteiger partial charge in [0.2, 0.25) is 0 Å². The maximum Gasteiger partial charge on any atom is 0.293 e. The first kappa shape index (κ1) is 15.0. The number of hydrogen-bond acceptors (Lipinski definition) is 4. The Labute approximate surface area is 140 Å². The predicted molar refractivity (Wildman–Crippen MR) is 89.9 cm³/mol. The molecule has 0 saturated carbocycles. The zero-order valence-electron chi connectivity index (χ0n) is 11.4. The van der Waals surface area contributed by atoms with Crippen LogP contribution in [0.1, 0.15) is 11.3 Å². The molecule has 0 unspecified atom stereocenters. The van der Waals surface area contributed by atoms with Gasteiger partial charge in [-0.1, -0.05) is 34.1 Å². The highest BCUT2D eigenvalue weighted by Gasteiger charge is 2.35. The molecule has 1 fully saturated rings. The molecule has 3 rings (SSSR count). The Kier molecular flexibility index (Phi) is 4.40. The van der Waals surface area contributed by atoms with Crippen molar-refractivity contribution < 1.29 is 9.59 Å². The Hall–Kier alpha value is -1.92. The van der Waals surface area contributed by atoms with Crippen molar-refractivity contribution in [3.63, 3.8) is 0 Å². The number of nitrogens with zero attached hydrogens (tertiary/aromatic N) is 2. The Balaban J connectivity index is 1.81. The van der Waals surface area contributed by atoms with Gasteiger partial charge in [-0.05, 0) is 47.7 Å². The Bertz CT molecular complexity index is 762. The molecule has 1 aliphatic rings. The topological polar surface area (TPSA) is 50.3 Å². The van der Waals surface area contributed by atoms with E-state index in [4.69, 9.17) is 0 Å². The van der Waals surface area contributed by atoms with E-state index in [0.717, 1.165) is 21.8 Å². The van der Waals surface area contributed by atoms with Gasteiger partial charge in [0.05, 0.1) is 17.1 Å². The van der Waals surface area contributed by atoms with Crippen LogP contribution in [0, 0.1) is 0 Å². The first-order chi connectivity index (χ1) is 10.6. The van der Waals surface area contributed by atoms with Crippen LogP contribution >= 0.6 is 27.7 Å². The van der Waals surface area contributed by atoms with E-state index >= 15 is 0 Å². The van der Waals surface area contributed by atoms with Crippen LogP contribution in [-0.4, -0.2) is 21.0 Å². The highest BCUT2D eigenvalue weighted by atomic mass is 79.9. The number of carbonyl (C=O) groups is 2. The molecule has 4 nitrogen and oxygen atoms in total. The Morgan fingerprint density at radius 1 is 1.18 bits per heavy atom. The largest absolute Gasteiger partial charge is 0.293 e. The summed E-state index contributed by atoms with van der Waals surface area (Å²) in [5, 5.41) is -0.257. The predicted octanol–water partition coefficient (Wildman–Crippen LogP) is 4.08. The molecular formula is C16H11BrN2O2S. The molecule has 0 radical (unpaired) electrons. The van der Waals surface area contributed by atoms with Crippen LogP contribution in [0.4, 0.5) is 4.79 Å². The fraction of sp³-hybridized carbons (Fsp3) is 0.0625. The van der Waals surface area contributed by atoms with Gasteiger partial charge in [-0.15, -0.1) is 0 Å². The SMILES string of the molecule is O=C1S/C(=C/c2ccccn2)C(=O)N1Cc1cccc(Br)c1. The minimum atomic E-state index is -0.277. The summed E-state index contributed by atoms with van der Waals surface area (Å²) in [6.07, 6.45) is 3.30. The lowest BCUT2D eigenvalue weighted by Crippen LogP contribution is -2.27. The normalized spacial score (nSPS) is 16.6. The van der Waals surface area contributed by atoms with Crippen LogP contribution in [0.3, 0.4) is 0 Å². The number of imide groups is 1. The van der Waals surface area contributed by atoms with Gasteiger partial charge in [0.25, 0.3) is 11.1 Å². The molecule has 0 N–H and O–H groups in total. The van der Waals surface area contributed by atoms with Gasteiger partial charge >= 0.3 is 0 Å². The number of halogens is 1. The molecule has 0 bridgehead atoms. The van der Waals surface area contributed by atoms with E-state index in [9.17, 15) is 9.59 Å².